The zero-order chi connectivity index (χ0) is 15.0. The first-order chi connectivity index (χ1) is 10.1. The molecule has 0 bridgehead atoms. The van der Waals surface area contributed by atoms with E-state index in [-0.39, 0.29) is 16.8 Å². The SMILES string of the molecule is Cc1ccccc1C(=O)c1coc2ccc(Cl)cc2c1=O. The lowest BCUT2D eigenvalue weighted by molar-refractivity contribution is 0.103. The van der Waals surface area contributed by atoms with E-state index in [0.29, 0.717) is 21.6 Å². The van der Waals surface area contributed by atoms with Crippen LogP contribution in [-0.2, 0) is 0 Å². The summed E-state index contributed by atoms with van der Waals surface area (Å²) in [6.45, 7) is 1.83. The second kappa shape index (κ2) is 5.19. The van der Waals surface area contributed by atoms with Crippen LogP contribution in [0.5, 0.6) is 0 Å². The van der Waals surface area contributed by atoms with Crippen LogP contribution in [0.1, 0.15) is 21.5 Å². The Morgan fingerprint density at radius 3 is 2.62 bits per heavy atom. The molecule has 21 heavy (non-hydrogen) atoms. The molecule has 4 heteroatoms. The van der Waals surface area contributed by atoms with Gasteiger partial charge in [0.25, 0.3) is 0 Å². The van der Waals surface area contributed by atoms with Crippen molar-refractivity contribution in [3.8, 4) is 0 Å². The molecule has 3 nitrogen and oxygen atoms in total. The molecule has 0 atom stereocenters. The normalized spacial score (nSPS) is 10.8. The first-order valence-corrected chi connectivity index (χ1v) is 6.77. The van der Waals surface area contributed by atoms with Crippen LogP contribution in [0.4, 0.5) is 0 Å². The first kappa shape index (κ1) is 13.6. The van der Waals surface area contributed by atoms with Gasteiger partial charge >= 0.3 is 0 Å². The third-order valence-corrected chi connectivity index (χ3v) is 3.60. The molecule has 0 radical (unpaired) electrons. The molecule has 0 aliphatic heterocycles. The third kappa shape index (κ3) is 2.36. The van der Waals surface area contributed by atoms with Gasteiger partial charge in [-0.05, 0) is 30.7 Å². The summed E-state index contributed by atoms with van der Waals surface area (Å²) in [5.41, 5.74) is 1.36. The minimum absolute atomic E-state index is 0.0130. The van der Waals surface area contributed by atoms with Gasteiger partial charge in [0.15, 0.2) is 5.78 Å². The van der Waals surface area contributed by atoms with E-state index in [1.165, 1.54) is 12.3 Å². The molecule has 2 aromatic carbocycles. The molecule has 1 heterocycles. The molecule has 0 aliphatic carbocycles. The zero-order valence-corrected chi connectivity index (χ0v) is 12.0. The number of carbonyl (C=O) groups excluding carboxylic acids is 1. The topological polar surface area (TPSA) is 47.3 Å². The Balaban J connectivity index is 2.22. The van der Waals surface area contributed by atoms with Gasteiger partial charge in [-0.2, -0.15) is 0 Å². The van der Waals surface area contributed by atoms with Gasteiger partial charge < -0.3 is 4.42 Å². The molecule has 0 N–H and O–H groups in total. The number of aryl methyl sites for hydroxylation is 1. The molecule has 0 fully saturated rings. The Hall–Kier alpha value is -2.39. The number of benzene rings is 2. The van der Waals surface area contributed by atoms with Crippen LogP contribution in [0.15, 0.2) is 57.9 Å². The van der Waals surface area contributed by atoms with Crippen molar-refractivity contribution in [3.63, 3.8) is 0 Å². The molecule has 3 rings (SSSR count). The Kier molecular flexibility index (Phi) is 3.35. The molecule has 0 spiro atoms. The number of rotatable bonds is 2. The standard InChI is InChI=1S/C17H11ClO3/c1-10-4-2-3-5-12(10)16(19)14-9-21-15-7-6-11(18)8-13(15)17(14)20/h2-9H,1H3. The highest BCUT2D eigenvalue weighted by Crippen LogP contribution is 2.19. The quantitative estimate of drug-likeness (QED) is 0.672. The fourth-order valence-corrected chi connectivity index (χ4v) is 2.40. The van der Waals surface area contributed by atoms with Gasteiger partial charge in [0.05, 0.1) is 5.39 Å². The molecule has 0 unspecified atom stereocenters. The predicted molar refractivity (Wildman–Crippen MR) is 82.1 cm³/mol. The van der Waals surface area contributed by atoms with Crippen molar-refractivity contribution in [2.75, 3.05) is 0 Å². The van der Waals surface area contributed by atoms with Gasteiger partial charge in [-0.25, -0.2) is 0 Å². The van der Waals surface area contributed by atoms with Gasteiger partial charge in [-0.3, -0.25) is 9.59 Å². The zero-order valence-electron chi connectivity index (χ0n) is 11.2. The summed E-state index contributed by atoms with van der Waals surface area (Å²) in [7, 11) is 0. The molecule has 104 valence electrons. The number of hydrogen-bond acceptors (Lipinski definition) is 3. The molecule has 3 aromatic rings. The van der Waals surface area contributed by atoms with Gasteiger partial charge in [-0.1, -0.05) is 35.9 Å². The van der Waals surface area contributed by atoms with E-state index in [9.17, 15) is 9.59 Å². The van der Waals surface area contributed by atoms with E-state index in [1.54, 1.807) is 24.3 Å². The van der Waals surface area contributed by atoms with Crippen LogP contribution < -0.4 is 5.43 Å². The second-order valence-electron chi connectivity index (χ2n) is 4.76. The lowest BCUT2D eigenvalue weighted by atomic mass is 9.99. The summed E-state index contributed by atoms with van der Waals surface area (Å²) in [6.07, 6.45) is 1.22. The predicted octanol–water partition coefficient (Wildman–Crippen LogP) is 3.99. The minimum Gasteiger partial charge on any atom is -0.463 e. The number of ketones is 1. The number of fused-ring (bicyclic) bond motifs is 1. The Bertz CT molecular complexity index is 909. The lowest BCUT2D eigenvalue weighted by Gasteiger charge is -2.05. The highest BCUT2D eigenvalue weighted by Gasteiger charge is 2.17. The fraction of sp³-hybridized carbons (Fsp3) is 0.0588. The van der Waals surface area contributed by atoms with Crippen molar-refractivity contribution in [3.05, 3.63) is 80.7 Å². The average Bonchev–Trinajstić information content (AvgIpc) is 2.48. The van der Waals surface area contributed by atoms with E-state index < -0.39 is 0 Å². The van der Waals surface area contributed by atoms with Crippen LogP contribution in [0.3, 0.4) is 0 Å². The number of hydrogen-bond donors (Lipinski definition) is 0. The average molecular weight is 299 g/mol. The van der Waals surface area contributed by atoms with Crippen molar-refractivity contribution in [2.24, 2.45) is 0 Å². The van der Waals surface area contributed by atoms with Gasteiger partial charge in [-0.15, -0.1) is 0 Å². The van der Waals surface area contributed by atoms with E-state index in [1.807, 2.05) is 19.1 Å². The second-order valence-corrected chi connectivity index (χ2v) is 5.20. The van der Waals surface area contributed by atoms with E-state index in [4.69, 9.17) is 16.0 Å². The van der Waals surface area contributed by atoms with E-state index >= 15 is 0 Å². The lowest BCUT2D eigenvalue weighted by Crippen LogP contribution is -2.16. The third-order valence-electron chi connectivity index (χ3n) is 3.37. The van der Waals surface area contributed by atoms with Gasteiger partial charge in [0, 0.05) is 10.6 Å². The molecular formula is C17H11ClO3. The number of carbonyl (C=O) groups is 1. The summed E-state index contributed by atoms with van der Waals surface area (Å²) in [5, 5.41) is 0.734. The van der Waals surface area contributed by atoms with Crippen molar-refractivity contribution >= 4 is 28.4 Å². The molecular weight excluding hydrogens is 288 g/mol. The largest absolute Gasteiger partial charge is 0.463 e. The van der Waals surface area contributed by atoms with Crippen molar-refractivity contribution < 1.29 is 9.21 Å². The van der Waals surface area contributed by atoms with Gasteiger partial charge in [0.1, 0.15) is 17.4 Å². The highest BCUT2D eigenvalue weighted by atomic mass is 35.5. The number of halogens is 1. The summed E-state index contributed by atoms with van der Waals surface area (Å²) >= 11 is 5.90. The van der Waals surface area contributed by atoms with Crippen LogP contribution >= 0.6 is 11.6 Å². The Labute approximate surface area is 125 Å². The van der Waals surface area contributed by atoms with Crippen LogP contribution in [-0.4, -0.2) is 5.78 Å². The van der Waals surface area contributed by atoms with Crippen LogP contribution in [0.25, 0.3) is 11.0 Å². The minimum atomic E-state index is -0.369. The van der Waals surface area contributed by atoms with Crippen molar-refractivity contribution in [1.82, 2.24) is 0 Å². The van der Waals surface area contributed by atoms with Gasteiger partial charge in [0.2, 0.25) is 5.43 Å². The summed E-state index contributed by atoms with van der Waals surface area (Å²) in [5.74, 6) is -0.344. The summed E-state index contributed by atoms with van der Waals surface area (Å²) in [6, 6.07) is 11.9. The maximum atomic E-state index is 12.5. The Morgan fingerprint density at radius 2 is 1.86 bits per heavy atom. The molecule has 1 aromatic heterocycles. The molecule has 0 saturated heterocycles. The monoisotopic (exact) mass is 298 g/mol. The maximum Gasteiger partial charge on any atom is 0.203 e. The fourth-order valence-electron chi connectivity index (χ4n) is 2.23. The highest BCUT2D eigenvalue weighted by molar-refractivity contribution is 6.31. The van der Waals surface area contributed by atoms with Crippen LogP contribution in [0.2, 0.25) is 5.02 Å². The van der Waals surface area contributed by atoms with Crippen molar-refractivity contribution in [1.29, 1.82) is 0 Å². The van der Waals surface area contributed by atoms with E-state index in [0.717, 1.165) is 5.56 Å². The van der Waals surface area contributed by atoms with Crippen molar-refractivity contribution in [2.45, 2.75) is 6.92 Å². The molecule has 0 aliphatic rings. The molecule has 0 saturated carbocycles. The summed E-state index contributed by atoms with van der Waals surface area (Å²) in [4.78, 5) is 25.0. The molecule has 0 amide bonds. The maximum absolute atomic E-state index is 12.5. The summed E-state index contributed by atoms with van der Waals surface area (Å²) < 4.78 is 5.38. The smallest absolute Gasteiger partial charge is 0.203 e. The van der Waals surface area contributed by atoms with Crippen LogP contribution in [0, 0.1) is 6.92 Å². The Morgan fingerprint density at radius 1 is 1.10 bits per heavy atom. The first-order valence-electron chi connectivity index (χ1n) is 6.39. The van der Waals surface area contributed by atoms with E-state index in [2.05, 4.69) is 0 Å².